The van der Waals surface area contributed by atoms with Crippen LogP contribution in [0.3, 0.4) is 0 Å². The molecule has 2 aromatic rings. The number of furan rings is 1. The van der Waals surface area contributed by atoms with Crippen LogP contribution in [0.25, 0.3) is 6.08 Å². The predicted molar refractivity (Wildman–Crippen MR) is 93.8 cm³/mol. The molecule has 3 heterocycles. The van der Waals surface area contributed by atoms with Crippen LogP contribution in [0.2, 0.25) is 0 Å². The Balaban J connectivity index is 1.47. The van der Waals surface area contributed by atoms with Gasteiger partial charge < -0.3 is 14.6 Å². The summed E-state index contributed by atoms with van der Waals surface area (Å²) >= 11 is 0. The highest BCUT2D eigenvalue weighted by Crippen LogP contribution is 2.13. The molecule has 25 heavy (non-hydrogen) atoms. The average Bonchev–Trinajstić information content (AvgIpc) is 3.06. The lowest BCUT2D eigenvalue weighted by atomic mass is 10.0. The van der Waals surface area contributed by atoms with Gasteiger partial charge in [-0.25, -0.2) is 0 Å². The summed E-state index contributed by atoms with van der Waals surface area (Å²) in [6.07, 6.45) is 7.92. The van der Waals surface area contributed by atoms with E-state index in [2.05, 4.69) is 10.3 Å². The van der Waals surface area contributed by atoms with Crippen LogP contribution >= 0.6 is 0 Å². The van der Waals surface area contributed by atoms with Crippen molar-refractivity contribution in [3.05, 3.63) is 59.8 Å². The van der Waals surface area contributed by atoms with Crippen LogP contribution in [0.4, 0.5) is 0 Å². The van der Waals surface area contributed by atoms with Crippen molar-refractivity contribution in [2.75, 3.05) is 13.1 Å². The minimum atomic E-state index is -0.0970. The fourth-order valence-corrected chi connectivity index (χ4v) is 2.82. The topological polar surface area (TPSA) is 75.4 Å². The fraction of sp³-hybridized carbons (Fsp3) is 0.316. The van der Waals surface area contributed by atoms with Gasteiger partial charge in [-0.1, -0.05) is 0 Å². The van der Waals surface area contributed by atoms with Crippen LogP contribution in [0.5, 0.6) is 0 Å². The van der Waals surface area contributed by atoms with E-state index >= 15 is 0 Å². The quantitative estimate of drug-likeness (QED) is 0.868. The van der Waals surface area contributed by atoms with E-state index < -0.39 is 0 Å². The smallest absolute Gasteiger partial charge is 0.251 e. The van der Waals surface area contributed by atoms with Gasteiger partial charge >= 0.3 is 0 Å². The van der Waals surface area contributed by atoms with Crippen molar-refractivity contribution in [3.63, 3.8) is 0 Å². The number of carbonyl (C=O) groups excluding carboxylic acids is 2. The van der Waals surface area contributed by atoms with Crippen LogP contribution in [0.1, 0.15) is 34.7 Å². The first-order valence-corrected chi connectivity index (χ1v) is 8.36. The van der Waals surface area contributed by atoms with Gasteiger partial charge in [0.05, 0.1) is 0 Å². The Bertz CT molecular complexity index is 759. The van der Waals surface area contributed by atoms with E-state index in [0.717, 1.165) is 18.6 Å². The van der Waals surface area contributed by atoms with Crippen molar-refractivity contribution < 1.29 is 14.0 Å². The van der Waals surface area contributed by atoms with Crippen molar-refractivity contribution in [1.29, 1.82) is 0 Å². The zero-order chi connectivity index (χ0) is 17.6. The second-order valence-electron chi connectivity index (χ2n) is 6.09. The number of hydrogen-bond acceptors (Lipinski definition) is 4. The Morgan fingerprint density at radius 2 is 1.92 bits per heavy atom. The highest BCUT2D eigenvalue weighted by molar-refractivity contribution is 5.94. The summed E-state index contributed by atoms with van der Waals surface area (Å²) in [5.41, 5.74) is 0.602. The second-order valence-corrected chi connectivity index (χ2v) is 6.09. The number of hydrogen-bond donors (Lipinski definition) is 1. The maximum atomic E-state index is 12.2. The van der Waals surface area contributed by atoms with Crippen LogP contribution in [0.15, 0.2) is 47.2 Å². The molecule has 3 rings (SSSR count). The SMILES string of the molecule is Cc1ccc(C=CC(=O)N2CCC(NC(=O)c3ccncc3)CC2)o1. The number of amides is 2. The fourth-order valence-electron chi connectivity index (χ4n) is 2.82. The molecular weight excluding hydrogens is 318 g/mol. The molecule has 0 bridgehead atoms. The number of aryl methyl sites for hydroxylation is 1. The van der Waals surface area contributed by atoms with Gasteiger partial charge in [-0.2, -0.15) is 0 Å². The first kappa shape index (κ1) is 17.0. The molecule has 1 aliphatic rings. The summed E-state index contributed by atoms with van der Waals surface area (Å²) < 4.78 is 5.41. The number of nitrogens with one attached hydrogen (secondary N) is 1. The zero-order valence-electron chi connectivity index (χ0n) is 14.1. The van der Waals surface area contributed by atoms with Gasteiger partial charge in [0, 0.05) is 43.2 Å². The van der Waals surface area contributed by atoms with Gasteiger partial charge in [0.25, 0.3) is 5.91 Å². The molecule has 1 fully saturated rings. The Hall–Kier alpha value is -2.89. The largest absolute Gasteiger partial charge is 0.462 e. The summed E-state index contributed by atoms with van der Waals surface area (Å²) in [5.74, 6) is 1.36. The zero-order valence-corrected chi connectivity index (χ0v) is 14.1. The molecule has 0 atom stereocenters. The Kier molecular flexibility index (Phi) is 5.28. The molecule has 1 saturated heterocycles. The maximum absolute atomic E-state index is 12.2. The van der Waals surface area contributed by atoms with Crippen molar-refractivity contribution in [1.82, 2.24) is 15.2 Å². The van der Waals surface area contributed by atoms with Crippen molar-refractivity contribution in [2.24, 2.45) is 0 Å². The van der Waals surface area contributed by atoms with Gasteiger partial charge in [0.15, 0.2) is 0 Å². The van der Waals surface area contributed by atoms with E-state index in [0.29, 0.717) is 24.4 Å². The first-order valence-electron chi connectivity index (χ1n) is 8.36. The highest BCUT2D eigenvalue weighted by atomic mass is 16.3. The molecule has 0 aliphatic carbocycles. The molecule has 1 aliphatic heterocycles. The molecule has 0 radical (unpaired) electrons. The summed E-state index contributed by atoms with van der Waals surface area (Å²) in [6, 6.07) is 7.16. The monoisotopic (exact) mass is 339 g/mol. The van der Waals surface area contributed by atoms with Crippen molar-refractivity contribution in [3.8, 4) is 0 Å². The average molecular weight is 339 g/mol. The number of nitrogens with zero attached hydrogens (tertiary/aromatic N) is 2. The number of rotatable bonds is 4. The van der Waals surface area contributed by atoms with Crippen LogP contribution in [-0.4, -0.2) is 40.8 Å². The Morgan fingerprint density at radius 3 is 2.56 bits per heavy atom. The van der Waals surface area contributed by atoms with Crippen molar-refractivity contribution in [2.45, 2.75) is 25.8 Å². The summed E-state index contributed by atoms with van der Waals surface area (Å²) in [4.78, 5) is 30.1. The third kappa shape index (κ3) is 4.56. The van der Waals surface area contributed by atoms with E-state index in [9.17, 15) is 9.59 Å². The van der Waals surface area contributed by atoms with Gasteiger partial charge in [-0.05, 0) is 50.1 Å². The molecule has 2 aromatic heterocycles. The molecule has 1 N–H and O–H groups in total. The minimum absolute atomic E-state index is 0.0343. The number of carbonyl (C=O) groups is 2. The normalized spacial score (nSPS) is 15.5. The third-order valence-corrected chi connectivity index (χ3v) is 4.24. The summed E-state index contributed by atoms with van der Waals surface area (Å²) in [6.45, 7) is 3.12. The lowest BCUT2D eigenvalue weighted by Crippen LogP contribution is -2.46. The number of pyridine rings is 1. The molecule has 0 saturated carbocycles. The summed E-state index contributed by atoms with van der Waals surface area (Å²) in [7, 11) is 0. The van der Waals surface area contributed by atoms with E-state index in [1.54, 1.807) is 35.5 Å². The van der Waals surface area contributed by atoms with Gasteiger partial charge in [-0.15, -0.1) is 0 Å². The van der Waals surface area contributed by atoms with E-state index in [1.165, 1.54) is 6.08 Å². The van der Waals surface area contributed by atoms with E-state index in [1.807, 2.05) is 19.1 Å². The molecule has 0 unspecified atom stereocenters. The first-order chi connectivity index (χ1) is 12.1. The Labute approximate surface area is 146 Å². The molecule has 130 valence electrons. The molecule has 6 nitrogen and oxygen atoms in total. The number of likely N-dealkylation sites (tertiary alicyclic amines) is 1. The van der Waals surface area contributed by atoms with Crippen LogP contribution in [-0.2, 0) is 4.79 Å². The van der Waals surface area contributed by atoms with Gasteiger partial charge in [-0.3, -0.25) is 14.6 Å². The number of piperidine rings is 1. The van der Waals surface area contributed by atoms with Gasteiger partial charge in [0.1, 0.15) is 11.5 Å². The highest BCUT2D eigenvalue weighted by Gasteiger charge is 2.23. The summed E-state index contributed by atoms with van der Waals surface area (Å²) in [5, 5.41) is 3.02. The van der Waals surface area contributed by atoms with E-state index in [4.69, 9.17) is 4.42 Å². The van der Waals surface area contributed by atoms with Crippen LogP contribution < -0.4 is 5.32 Å². The molecule has 0 aromatic carbocycles. The van der Waals surface area contributed by atoms with Crippen LogP contribution in [0, 0.1) is 6.92 Å². The number of aromatic nitrogens is 1. The lowest BCUT2D eigenvalue weighted by Gasteiger charge is -2.31. The molecular formula is C19H21N3O3. The minimum Gasteiger partial charge on any atom is -0.462 e. The molecule has 2 amide bonds. The standard InChI is InChI=1S/C19H21N3O3/c1-14-2-3-17(25-14)4-5-18(23)22-12-8-16(9-13-22)21-19(24)15-6-10-20-11-7-15/h2-7,10-11,16H,8-9,12-13H2,1H3,(H,21,24). The van der Waals surface area contributed by atoms with E-state index in [-0.39, 0.29) is 17.9 Å². The maximum Gasteiger partial charge on any atom is 0.251 e. The Morgan fingerprint density at radius 1 is 1.20 bits per heavy atom. The second kappa shape index (κ2) is 7.79. The molecule has 6 heteroatoms. The van der Waals surface area contributed by atoms with Crippen molar-refractivity contribution >= 4 is 17.9 Å². The predicted octanol–water partition coefficient (Wildman–Crippen LogP) is 2.42. The van der Waals surface area contributed by atoms with Gasteiger partial charge in [0.2, 0.25) is 5.91 Å². The third-order valence-electron chi connectivity index (χ3n) is 4.24. The molecule has 0 spiro atoms. The lowest BCUT2D eigenvalue weighted by molar-refractivity contribution is -0.127.